The standard InChI is InChI=1S/C13H17ClFN3O2S/c14-11-7-9(16)8-12(13(11)15)21(19,20)18-5-3-17(4-6-18)10-1-2-10/h7-8,10H,1-6,16H2. The van der Waals surface area contributed by atoms with Crippen LogP contribution in [0, 0.1) is 5.82 Å². The molecule has 2 N–H and O–H groups in total. The van der Waals surface area contributed by atoms with Crippen LogP contribution < -0.4 is 5.73 Å². The summed E-state index contributed by atoms with van der Waals surface area (Å²) in [5, 5.41) is -0.273. The molecule has 0 radical (unpaired) electrons. The fourth-order valence-corrected chi connectivity index (χ4v) is 4.49. The number of hydrogen-bond donors (Lipinski definition) is 1. The molecule has 1 heterocycles. The Morgan fingerprint density at radius 3 is 2.38 bits per heavy atom. The molecule has 1 saturated carbocycles. The van der Waals surface area contributed by atoms with Gasteiger partial charge in [0.05, 0.1) is 5.02 Å². The van der Waals surface area contributed by atoms with Crippen molar-refractivity contribution in [3.8, 4) is 0 Å². The van der Waals surface area contributed by atoms with Crippen LogP contribution in [0.5, 0.6) is 0 Å². The number of sulfonamides is 1. The lowest BCUT2D eigenvalue weighted by Gasteiger charge is -2.34. The molecular formula is C13H17ClFN3O2S. The molecule has 1 aliphatic heterocycles. The lowest BCUT2D eigenvalue weighted by molar-refractivity contribution is 0.180. The molecule has 5 nitrogen and oxygen atoms in total. The van der Waals surface area contributed by atoms with Gasteiger partial charge in [-0.3, -0.25) is 4.90 Å². The molecule has 1 aromatic rings. The summed E-state index contributed by atoms with van der Waals surface area (Å²) in [6.45, 7) is 2.10. The van der Waals surface area contributed by atoms with Crippen LogP contribution >= 0.6 is 11.6 Å². The second kappa shape index (κ2) is 5.39. The maximum atomic E-state index is 14.0. The Morgan fingerprint density at radius 1 is 1.19 bits per heavy atom. The monoisotopic (exact) mass is 333 g/mol. The van der Waals surface area contributed by atoms with E-state index in [-0.39, 0.29) is 10.7 Å². The predicted molar refractivity (Wildman–Crippen MR) is 79.2 cm³/mol. The van der Waals surface area contributed by atoms with E-state index < -0.39 is 20.7 Å². The number of nitrogens with zero attached hydrogens (tertiary/aromatic N) is 2. The van der Waals surface area contributed by atoms with E-state index in [9.17, 15) is 12.8 Å². The first-order valence-corrected chi connectivity index (χ1v) is 8.70. The fourth-order valence-electron chi connectivity index (χ4n) is 2.66. The van der Waals surface area contributed by atoms with Gasteiger partial charge in [-0.05, 0) is 25.0 Å². The Morgan fingerprint density at radius 2 is 1.81 bits per heavy atom. The first-order chi connectivity index (χ1) is 9.89. The van der Waals surface area contributed by atoms with Gasteiger partial charge in [0, 0.05) is 37.9 Å². The average molecular weight is 334 g/mol. The van der Waals surface area contributed by atoms with Crippen LogP contribution in [0.1, 0.15) is 12.8 Å². The van der Waals surface area contributed by atoms with Gasteiger partial charge in [-0.2, -0.15) is 4.31 Å². The van der Waals surface area contributed by atoms with Crippen LogP contribution in [0.25, 0.3) is 0 Å². The van der Waals surface area contributed by atoms with Crippen molar-refractivity contribution in [2.24, 2.45) is 0 Å². The van der Waals surface area contributed by atoms with Gasteiger partial charge in [0.15, 0.2) is 5.82 Å². The van der Waals surface area contributed by atoms with Gasteiger partial charge in [-0.15, -0.1) is 0 Å². The van der Waals surface area contributed by atoms with Gasteiger partial charge in [0.1, 0.15) is 4.90 Å². The molecule has 0 bridgehead atoms. The van der Waals surface area contributed by atoms with E-state index in [4.69, 9.17) is 17.3 Å². The highest BCUT2D eigenvalue weighted by molar-refractivity contribution is 7.89. The molecule has 2 aliphatic rings. The molecule has 0 amide bonds. The average Bonchev–Trinajstić information content (AvgIpc) is 3.27. The summed E-state index contributed by atoms with van der Waals surface area (Å²) in [4.78, 5) is 1.85. The first-order valence-electron chi connectivity index (χ1n) is 6.88. The number of anilines is 1. The van der Waals surface area contributed by atoms with Crippen LogP contribution in [-0.4, -0.2) is 49.8 Å². The number of nitrogens with two attached hydrogens (primary N) is 1. The van der Waals surface area contributed by atoms with Crippen molar-refractivity contribution in [1.82, 2.24) is 9.21 Å². The minimum absolute atomic E-state index is 0.136. The minimum atomic E-state index is -3.90. The van der Waals surface area contributed by atoms with Crippen molar-refractivity contribution in [3.05, 3.63) is 23.0 Å². The van der Waals surface area contributed by atoms with Crippen molar-refractivity contribution in [2.75, 3.05) is 31.9 Å². The summed E-state index contributed by atoms with van der Waals surface area (Å²) in [7, 11) is -3.90. The van der Waals surface area contributed by atoms with E-state index in [0.29, 0.717) is 32.2 Å². The molecule has 1 saturated heterocycles. The fraction of sp³-hybridized carbons (Fsp3) is 0.538. The number of piperazine rings is 1. The zero-order valence-electron chi connectivity index (χ0n) is 11.4. The molecule has 21 heavy (non-hydrogen) atoms. The Hall–Kier alpha value is -0.890. The van der Waals surface area contributed by atoms with E-state index in [1.807, 2.05) is 0 Å². The lowest BCUT2D eigenvalue weighted by Crippen LogP contribution is -2.49. The van der Waals surface area contributed by atoms with E-state index in [2.05, 4.69) is 4.90 Å². The summed E-state index contributed by atoms with van der Waals surface area (Å²) in [6, 6.07) is 2.94. The summed E-state index contributed by atoms with van der Waals surface area (Å²) in [6.07, 6.45) is 2.37. The molecule has 0 spiro atoms. The highest BCUT2D eigenvalue weighted by Gasteiger charge is 2.36. The van der Waals surface area contributed by atoms with Gasteiger partial charge in [0.25, 0.3) is 0 Å². The second-order valence-corrected chi connectivity index (χ2v) is 7.80. The molecule has 0 aromatic heterocycles. The zero-order valence-corrected chi connectivity index (χ0v) is 13.0. The molecule has 0 unspecified atom stereocenters. The molecular weight excluding hydrogens is 317 g/mol. The van der Waals surface area contributed by atoms with Crippen molar-refractivity contribution in [2.45, 2.75) is 23.8 Å². The third-order valence-electron chi connectivity index (χ3n) is 3.97. The Kier molecular flexibility index (Phi) is 3.85. The number of benzene rings is 1. The maximum Gasteiger partial charge on any atom is 0.246 e. The summed E-state index contributed by atoms with van der Waals surface area (Å²) < 4.78 is 40.5. The zero-order chi connectivity index (χ0) is 15.2. The van der Waals surface area contributed by atoms with Gasteiger partial charge >= 0.3 is 0 Å². The molecule has 1 aromatic carbocycles. The number of nitrogen functional groups attached to an aromatic ring is 1. The molecule has 116 valence electrons. The highest BCUT2D eigenvalue weighted by atomic mass is 35.5. The minimum Gasteiger partial charge on any atom is -0.399 e. The SMILES string of the molecule is Nc1cc(Cl)c(F)c(S(=O)(=O)N2CCN(C3CC3)CC2)c1. The third-order valence-corrected chi connectivity index (χ3v) is 6.14. The van der Waals surface area contributed by atoms with E-state index in [0.717, 1.165) is 6.07 Å². The van der Waals surface area contributed by atoms with Crippen LogP contribution in [0.2, 0.25) is 5.02 Å². The van der Waals surface area contributed by atoms with Crippen molar-refractivity contribution < 1.29 is 12.8 Å². The summed E-state index contributed by atoms with van der Waals surface area (Å²) >= 11 is 5.69. The van der Waals surface area contributed by atoms with Gasteiger partial charge in [0.2, 0.25) is 10.0 Å². The van der Waals surface area contributed by atoms with Gasteiger partial charge < -0.3 is 5.73 Å². The molecule has 1 aliphatic carbocycles. The smallest absolute Gasteiger partial charge is 0.246 e. The predicted octanol–water partition coefficient (Wildman–Crippen LogP) is 1.53. The Bertz CT molecular complexity index is 656. The lowest BCUT2D eigenvalue weighted by atomic mass is 10.3. The van der Waals surface area contributed by atoms with Crippen molar-refractivity contribution in [1.29, 1.82) is 0 Å². The van der Waals surface area contributed by atoms with Crippen molar-refractivity contribution >= 4 is 27.3 Å². The van der Waals surface area contributed by atoms with Gasteiger partial charge in [-0.25, -0.2) is 12.8 Å². The van der Waals surface area contributed by atoms with Crippen LogP contribution in [0.3, 0.4) is 0 Å². The number of hydrogen-bond acceptors (Lipinski definition) is 4. The quantitative estimate of drug-likeness (QED) is 0.852. The van der Waals surface area contributed by atoms with E-state index in [1.165, 1.54) is 23.2 Å². The summed E-state index contributed by atoms with van der Waals surface area (Å²) in [5.74, 6) is -0.935. The molecule has 0 atom stereocenters. The Balaban J connectivity index is 1.84. The Labute approximate surface area is 128 Å². The number of rotatable bonds is 3. The molecule has 2 fully saturated rings. The summed E-state index contributed by atoms with van der Waals surface area (Å²) in [5.41, 5.74) is 5.72. The molecule has 8 heteroatoms. The first kappa shape index (κ1) is 15.0. The number of halogens is 2. The van der Waals surface area contributed by atoms with Crippen LogP contribution in [0.15, 0.2) is 17.0 Å². The van der Waals surface area contributed by atoms with Crippen LogP contribution in [-0.2, 0) is 10.0 Å². The van der Waals surface area contributed by atoms with Crippen molar-refractivity contribution in [3.63, 3.8) is 0 Å². The molecule has 3 rings (SSSR count). The second-order valence-electron chi connectivity index (χ2n) is 5.49. The van der Waals surface area contributed by atoms with Crippen LogP contribution in [0.4, 0.5) is 10.1 Å². The van der Waals surface area contributed by atoms with Gasteiger partial charge in [-0.1, -0.05) is 11.6 Å². The van der Waals surface area contributed by atoms with E-state index in [1.54, 1.807) is 0 Å². The highest BCUT2D eigenvalue weighted by Crippen LogP contribution is 2.31. The normalized spacial score (nSPS) is 21.6. The largest absolute Gasteiger partial charge is 0.399 e. The third kappa shape index (κ3) is 2.88. The maximum absolute atomic E-state index is 14.0. The topological polar surface area (TPSA) is 66.6 Å². The van der Waals surface area contributed by atoms with E-state index >= 15 is 0 Å².